The maximum Gasteiger partial charge on any atom is 0.323 e. The lowest BCUT2D eigenvalue weighted by molar-refractivity contribution is -0.141. The fourth-order valence-corrected chi connectivity index (χ4v) is 1.55. The molecule has 0 aromatic carbocycles. The molecule has 1 aliphatic heterocycles. The van der Waals surface area contributed by atoms with E-state index in [1.165, 1.54) is 0 Å². The van der Waals surface area contributed by atoms with Crippen molar-refractivity contribution in [2.75, 3.05) is 33.8 Å². The van der Waals surface area contributed by atoms with Crippen molar-refractivity contribution in [3.63, 3.8) is 0 Å². The van der Waals surface area contributed by atoms with Gasteiger partial charge in [0.25, 0.3) is 0 Å². The van der Waals surface area contributed by atoms with Gasteiger partial charge in [-0.3, -0.25) is 9.69 Å². The van der Waals surface area contributed by atoms with Gasteiger partial charge in [-0.1, -0.05) is 0 Å². The smallest absolute Gasteiger partial charge is 0.323 e. The van der Waals surface area contributed by atoms with Crippen LogP contribution in [0, 0.1) is 0 Å². The number of likely N-dealkylation sites (N-methyl/N-ethyl adjacent to an activating group) is 1. The topological polar surface area (TPSA) is 41.6 Å². The number of ether oxygens (including phenoxy) is 1. The van der Waals surface area contributed by atoms with Crippen LogP contribution < -0.4 is 5.32 Å². The highest BCUT2D eigenvalue weighted by Crippen LogP contribution is 2.12. The number of carbonyl (C=O) groups is 1. The number of nitrogens with zero attached hydrogens (tertiary/aromatic N) is 1. The molecule has 1 aliphatic rings. The molecule has 1 fully saturated rings. The van der Waals surface area contributed by atoms with Crippen LogP contribution in [0.4, 0.5) is 0 Å². The van der Waals surface area contributed by atoms with Gasteiger partial charge in [0, 0.05) is 6.42 Å². The zero-order valence-electron chi connectivity index (χ0n) is 8.38. The summed E-state index contributed by atoms with van der Waals surface area (Å²) in [7, 11) is 3.91. The second-order valence-electron chi connectivity index (χ2n) is 3.41. The molecule has 13 heavy (non-hydrogen) atoms. The molecular weight excluding hydrogens is 168 g/mol. The van der Waals surface area contributed by atoms with E-state index >= 15 is 0 Å². The summed E-state index contributed by atoms with van der Waals surface area (Å²) in [6, 6.07) is -0.00291. The van der Waals surface area contributed by atoms with Crippen LogP contribution in [0.5, 0.6) is 0 Å². The molecule has 76 valence electrons. The minimum Gasteiger partial charge on any atom is -0.464 e. The maximum absolute atomic E-state index is 11.2. The number of carbonyl (C=O) groups excluding carboxylic acids is 1. The van der Waals surface area contributed by atoms with Crippen molar-refractivity contribution in [2.45, 2.75) is 18.9 Å². The van der Waals surface area contributed by atoms with Gasteiger partial charge in [-0.25, -0.2) is 0 Å². The van der Waals surface area contributed by atoms with Crippen molar-refractivity contribution < 1.29 is 9.53 Å². The Morgan fingerprint density at radius 2 is 2.46 bits per heavy atom. The molecule has 0 spiro atoms. The zero-order valence-corrected chi connectivity index (χ0v) is 8.38. The first kappa shape index (κ1) is 10.5. The molecule has 0 saturated carbocycles. The van der Waals surface area contributed by atoms with Gasteiger partial charge < -0.3 is 10.1 Å². The van der Waals surface area contributed by atoms with Crippen LogP contribution in [-0.4, -0.2) is 50.7 Å². The van der Waals surface area contributed by atoms with E-state index < -0.39 is 0 Å². The minimum atomic E-state index is -0.0630. The van der Waals surface area contributed by atoms with Gasteiger partial charge in [-0.15, -0.1) is 0 Å². The summed E-state index contributed by atoms with van der Waals surface area (Å²) in [5, 5.41) is 3.08. The highest BCUT2D eigenvalue weighted by Gasteiger charge is 2.29. The van der Waals surface area contributed by atoms with Gasteiger partial charge in [0.05, 0.1) is 6.61 Å². The quantitative estimate of drug-likeness (QED) is 0.478. The number of hydrogen-bond acceptors (Lipinski definition) is 4. The average Bonchev–Trinajstić information content (AvgIpc) is 2.52. The largest absolute Gasteiger partial charge is 0.464 e. The van der Waals surface area contributed by atoms with Crippen LogP contribution in [-0.2, 0) is 9.53 Å². The molecule has 0 aromatic rings. The molecular formula is C9H18N2O2. The fourth-order valence-electron chi connectivity index (χ4n) is 1.55. The van der Waals surface area contributed by atoms with Gasteiger partial charge in [0.2, 0.25) is 0 Å². The normalized spacial score (nSPS) is 22.4. The summed E-state index contributed by atoms with van der Waals surface area (Å²) in [5.74, 6) is -0.0630. The summed E-state index contributed by atoms with van der Waals surface area (Å²) in [4.78, 5) is 13.2. The highest BCUT2D eigenvalue weighted by molar-refractivity contribution is 5.77. The molecule has 4 heteroatoms. The third-order valence-corrected chi connectivity index (χ3v) is 2.38. The molecule has 1 heterocycles. The van der Waals surface area contributed by atoms with Gasteiger partial charge in [0.1, 0.15) is 6.04 Å². The van der Waals surface area contributed by atoms with E-state index in [1.54, 1.807) is 0 Å². The third kappa shape index (κ3) is 2.97. The van der Waals surface area contributed by atoms with E-state index in [1.807, 2.05) is 14.1 Å². The van der Waals surface area contributed by atoms with Crippen LogP contribution in [0.25, 0.3) is 0 Å². The third-order valence-electron chi connectivity index (χ3n) is 2.38. The first-order chi connectivity index (χ1) is 6.25. The van der Waals surface area contributed by atoms with Gasteiger partial charge in [0.15, 0.2) is 0 Å². The molecule has 1 N–H and O–H groups in total. The van der Waals surface area contributed by atoms with Gasteiger partial charge >= 0.3 is 5.97 Å². The van der Waals surface area contributed by atoms with E-state index in [-0.39, 0.29) is 12.0 Å². The molecule has 0 aromatic heterocycles. The second kappa shape index (κ2) is 5.19. The Hall–Kier alpha value is -0.610. The number of esters is 1. The molecule has 4 nitrogen and oxygen atoms in total. The lowest BCUT2D eigenvalue weighted by Crippen LogP contribution is -2.36. The average molecular weight is 186 g/mol. The Morgan fingerprint density at radius 1 is 1.69 bits per heavy atom. The van der Waals surface area contributed by atoms with Crippen molar-refractivity contribution in [1.82, 2.24) is 10.2 Å². The minimum absolute atomic E-state index is 0.00291. The second-order valence-corrected chi connectivity index (χ2v) is 3.41. The van der Waals surface area contributed by atoms with Crippen LogP contribution >= 0.6 is 0 Å². The Kier molecular flexibility index (Phi) is 4.18. The van der Waals surface area contributed by atoms with Crippen molar-refractivity contribution in [3.05, 3.63) is 0 Å². The molecule has 1 atom stereocenters. The first-order valence-corrected chi connectivity index (χ1v) is 4.77. The Labute approximate surface area is 79.2 Å². The van der Waals surface area contributed by atoms with Crippen LogP contribution in [0.2, 0.25) is 0 Å². The summed E-state index contributed by atoms with van der Waals surface area (Å²) >= 11 is 0. The van der Waals surface area contributed by atoms with Gasteiger partial charge in [-0.2, -0.15) is 0 Å². The van der Waals surface area contributed by atoms with E-state index in [0.717, 1.165) is 25.9 Å². The lowest BCUT2D eigenvalue weighted by atomic mass is 10.2. The number of nitrogens with one attached hydrogen (secondary N) is 1. The summed E-state index contributed by atoms with van der Waals surface area (Å²) < 4.78 is 4.90. The molecule has 1 rings (SSSR count). The fraction of sp³-hybridized carbons (Fsp3) is 0.889. The molecule has 1 unspecified atom stereocenters. The molecule has 0 bridgehead atoms. The van der Waals surface area contributed by atoms with Crippen molar-refractivity contribution in [3.8, 4) is 0 Å². The van der Waals surface area contributed by atoms with E-state index in [2.05, 4.69) is 10.2 Å². The predicted molar refractivity (Wildman–Crippen MR) is 50.5 cm³/mol. The Balaban J connectivity index is 2.22. The van der Waals surface area contributed by atoms with E-state index in [0.29, 0.717) is 6.61 Å². The number of rotatable bonds is 5. The monoisotopic (exact) mass is 186 g/mol. The molecule has 1 saturated heterocycles. The SMILES string of the molecule is CNCCCN(C)C1CCOC1=O. The summed E-state index contributed by atoms with van der Waals surface area (Å²) in [6.45, 7) is 2.52. The Bertz CT molecular complexity index is 173. The summed E-state index contributed by atoms with van der Waals surface area (Å²) in [5.41, 5.74) is 0. The zero-order chi connectivity index (χ0) is 9.68. The van der Waals surface area contributed by atoms with Crippen LogP contribution in [0.1, 0.15) is 12.8 Å². The molecule has 0 amide bonds. The van der Waals surface area contributed by atoms with E-state index in [4.69, 9.17) is 4.74 Å². The van der Waals surface area contributed by atoms with Crippen molar-refractivity contribution >= 4 is 5.97 Å². The van der Waals surface area contributed by atoms with Crippen molar-refractivity contribution in [2.24, 2.45) is 0 Å². The standard InChI is InChI=1S/C9H18N2O2/c1-10-5-3-6-11(2)8-4-7-13-9(8)12/h8,10H,3-7H2,1-2H3. The molecule has 0 aliphatic carbocycles. The Morgan fingerprint density at radius 3 is 3.00 bits per heavy atom. The van der Waals surface area contributed by atoms with Crippen LogP contribution in [0.3, 0.4) is 0 Å². The molecule has 0 radical (unpaired) electrons. The van der Waals surface area contributed by atoms with Gasteiger partial charge in [-0.05, 0) is 33.6 Å². The van der Waals surface area contributed by atoms with Crippen LogP contribution in [0.15, 0.2) is 0 Å². The highest BCUT2D eigenvalue weighted by atomic mass is 16.5. The lowest BCUT2D eigenvalue weighted by Gasteiger charge is -2.20. The summed E-state index contributed by atoms with van der Waals surface area (Å²) in [6.07, 6.45) is 1.91. The predicted octanol–water partition coefficient (Wildman–Crippen LogP) is -0.157. The first-order valence-electron chi connectivity index (χ1n) is 4.77. The van der Waals surface area contributed by atoms with E-state index in [9.17, 15) is 4.79 Å². The number of cyclic esters (lactones) is 1. The van der Waals surface area contributed by atoms with Crippen molar-refractivity contribution in [1.29, 1.82) is 0 Å². The number of hydrogen-bond donors (Lipinski definition) is 1. The maximum atomic E-state index is 11.2.